The molecule has 0 fully saturated rings. The highest BCUT2D eigenvalue weighted by atomic mass is 16.5. The van der Waals surface area contributed by atoms with E-state index >= 15 is 0 Å². The largest absolute Gasteiger partial charge is 0.478 e. The highest BCUT2D eigenvalue weighted by Crippen LogP contribution is 2.11. The van der Waals surface area contributed by atoms with Gasteiger partial charge in [0.05, 0.1) is 24.0 Å². The van der Waals surface area contributed by atoms with E-state index in [1.807, 2.05) is 0 Å². The SMILES string of the molecule is Cc1nc(NCc2ccno2)ccc1C(=O)O. The van der Waals surface area contributed by atoms with Crippen molar-refractivity contribution in [1.29, 1.82) is 0 Å². The van der Waals surface area contributed by atoms with Gasteiger partial charge in [-0.05, 0) is 19.1 Å². The average Bonchev–Trinajstić information content (AvgIpc) is 2.78. The van der Waals surface area contributed by atoms with Gasteiger partial charge in [-0.2, -0.15) is 0 Å². The predicted octanol–water partition coefficient (Wildman–Crippen LogP) is 1.69. The Balaban J connectivity index is 2.07. The van der Waals surface area contributed by atoms with Crippen molar-refractivity contribution in [1.82, 2.24) is 10.1 Å². The van der Waals surface area contributed by atoms with Crippen molar-refractivity contribution < 1.29 is 14.4 Å². The van der Waals surface area contributed by atoms with E-state index in [4.69, 9.17) is 9.63 Å². The van der Waals surface area contributed by atoms with Crippen LogP contribution in [0.15, 0.2) is 28.9 Å². The molecule has 0 spiro atoms. The van der Waals surface area contributed by atoms with Crippen LogP contribution in [0.4, 0.5) is 5.82 Å². The number of nitrogens with one attached hydrogen (secondary N) is 1. The first-order valence-corrected chi connectivity index (χ1v) is 5.01. The quantitative estimate of drug-likeness (QED) is 0.835. The molecule has 0 atom stereocenters. The van der Waals surface area contributed by atoms with Gasteiger partial charge in [-0.1, -0.05) is 5.16 Å². The fraction of sp³-hybridized carbons (Fsp3) is 0.182. The number of nitrogens with zero attached hydrogens (tertiary/aromatic N) is 2. The third-order valence-corrected chi connectivity index (χ3v) is 2.25. The zero-order valence-electron chi connectivity index (χ0n) is 9.17. The van der Waals surface area contributed by atoms with E-state index in [2.05, 4.69) is 15.5 Å². The number of aryl methyl sites for hydroxylation is 1. The zero-order chi connectivity index (χ0) is 12.3. The van der Waals surface area contributed by atoms with Crippen LogP contribution >= 0.6 is 0 Å². The average molecular weight is 233 g/mol. The fourth-order valence-corrected chi connectivity index (χ4v) is 1.40. The summed E-state index contributed by atoms with van der Waals surface area (Å²) in [6, 6.07) is 4.88. The van der Waals surface area contributed by atoms with Crippen molar-refractivity contribution in [2.75, 3.05) is 5.32 Å². The molecule has 0 bridgehead atoms. The van der Waals surface area contributed by atoms with Crippen molar-refractivity contribution in [2.24, 2.45) is 0 Å². The first-order chi connectivity index (χ1) is 8.16. The molecule has 0 aliphatic carbocycles. The molecule has 2 heterocycles. The number of pyridine rings is 1. The van der Waals surface area contributed by atoms with Crippen molar-refractivity contribution in [2.45, 2.75) is 13.5 Å². The van der Waals surface area contributed by atoms with E-state index in [0.717, 1.165) is 0 Å². The Bertz CT molecular complexity index is 523. The van der Waals surface area contributed by atoms with Crippen LogP contribution in [0, 0.1) is 6.92 Å². The van der Waals surface area contributed by atoms with Crippen LogP contribution in [0.2, 0.25) is 0 Å². The third kappa shape index (κ3) is 2.60. The Labute approximate surface area is 97.3 Å². The van der Waals surface area contributed by atoms with Gasteiger partial charge >= 0.3 is 5.97 Å². The van der Waals surface area contributed by atoms with Gasteiger partial charge in [0.2, 0.25) is 0 Å². The lowest BCUT2D eigenvalue weighted by Crippen LogP contribution is -2.05. The standard InChI is InChI=1S/C11H11N3O3/c1-7-9(11(15)16)2-3-10(14-7)12-6-8-4-5-13-17-8/h2-5H,6H2,1H3,(H,12,14)(H,15,16). The van der Waals surface area contributed by atoms with Gasteiger partial charge in [-0.15, -0.1) is 0 Å². The molecule has 2 aromatic rings. The Morgan fingerprint density at radius 2 is 2.29 bits per heavy atom. The molecule has 2 rings (SSSR count). The fourth-order valence-electron chi connectivity index (χ4n) is 1.40. The summed E-state index contributed by atoms with van der Waals surface area (Å²) in [7, 11) is 0. The van der Waals surface area contributed by atoms with Gasteiger partial charge in [-0.3, -0.25) is 0 Å². The van der Waals surface area contributed by atoms with Crippen LogP contribution < -0.4 is 5.32 Å². The molecule has 0 unspecified atom stereocenters. The van der Waals surface area contributed by atoms with E-state index in [0.29, 0.717) is 23.8 Å². The number of aromatic nitrogens is 2. The molecular formula is C11H11N3O3. The number of carboxylic acid groups (broad SMARTS) is 1. The maximum atomic E-state index is 10.8. The van der Waals surface area contributed by atoms with E-state index in [1.165, 1.54) is 6.07 Å². The van der Waals surface area contributed by atoms with Gasteiger partial charge < -0.3 is 14.9 Å². The van der Waals surface area contributed by atoms with Crippen LogP contribution in [0.3, 0.4) is 0 Å². The van der Waals surface area contributed by atoms with Crippen LogP contribution in [0.5, 0.6) is 0 Å². The second kappa shape index (κ2) is 4.65. The number of carbonyl (C=O) groups is 1. The van der Waals surface area contributed by atoms with Crippen molar-refractivity contribution in [3.63, 3.8) is 0 Å². The van der Waals surface area contributed by atoms with Crippen molar-refractivity contribution >= 4 is 11.8 Å². The first kappa shape index (κ1) is 11.1. The molecule has 0 aromatic carbocycles. The lowest BCUT2D eigenvalue weighted by atomic mass is 10.2. The van der Waals surface area contributed by atoms with Gasteiger partial charge in [0, 0.05) is 6.07 Å². The summed E-state index contributed by atoms with van der Waals surface area (Å²) in [5, 5.41) is 15.4. The highest BCUT2D eigenvalue weighted by molar-refractivity contribution is 5.89. The Hall–Kier alpha value is -2.37. The lowest BCUT2D eigenvalue weighted by Gasteiger charge is -2.05. The minimum atomic E-state index is -0.975. The number of anilines is 1. The summed E-state index contributed by atoms with van der Waals surface area (Å²) in [5.74, 6) is 0.312. The lowest BCUT2D eigenvalue weighted by molar-refractivity contribution is 0.0695. The maximum absolute atomic E-state index is 10.8. The molecule has 17 heavy (non-hydrogen) atoms. The Kier molecular flexibility index (Phi) is 3.04. The second-order valence-corrected chi connectivity index (χ2v) is 3.47. The van der Waals surface area contributed by atoms with E-state index in [1.54, 1.807) is 25.3 Å². The topological polar surface area (TPSA) is 88.3 Å². The Morgan fingerprint density at radius 1 is 1.47 bits per heavy atom. The second-order valence-electron chi connectivity index (χ2n) is 3.47. The minimum absolute atomic E-state index is 0.204. The van der Waals surface area contributed by atoms with Gasteiger partial charge in [-0.25, -0.2) is 9.78 Å². The number of carboxylic acids is 1. The van der Waals surface area contributed by atoms with Crippen molar-refractivity contribution in [3.05, 3.63) is 41.4 Å². The first-order valence-electron chi connectivity index (χ1n) is 5.01. The molecule has 0 aliphatic rings. The highest BCUT2D eigenvalue weighted by Gasteiger charge is 2.08. The van der Waals surface area contributed by atoms with Crippen molar-refractivity contribution in [3.8, 4) is 0 Å². The summed E-state index contributed by atoms with van der Waals surface area (Å²) < 4.78 is 4.91. The molecule has 2 N–H and O–H groups in total. The summed E-state index contributed by atoms with van der Waals surface area (Å²) in [5.41, 5.74) is 0.676. The van der Waals surface area contributed by atoms with E-state index in [-0.39, 0.29) is 5.56 Å². The van der Waals surface area contributed by atoms with Crippen LogP contribution in [0.25, 0.3) is 0 Å². The Morgan fingerprint density at radius 3 is 2.88 bits per heavy atom. The van der Waals surface area contributed by atoms with E-state index < -0.39 is 5.97 Å². The molecular weight excluding hydrogens is 222 g/mol. The van der Waals surface area contributed by atoms with Crippen LogP contribution in [-0.4, -0.2) is 21.2 Å². The molecule has 0 amide bonds. The molecule has 6 heteroatoms. The van der Waals surface area contributed by atoms with Gasteiger partial charge in [0.1, 0.15) is 5.82 Å². The molecule has 0 saturated carbocycles. The molecule has 88 valence electrons. The summed E-state index contributed by atoms with van der Waals surface area (Å²) >= 11 is 0. The zero-order valence-corrected chi connectivity index (χ0v) is 9.17. The monoisotopic (exact) mass is 233 g/mol. The maximum Gasteiger partial charge on any atom is 0.337 e. The number of aromatic carboxylic acids is 1. The molecule has 0 saturated heterocycles. The molecule has 0 aliphatic heterocycles. The minimum Gasteiger partial charge on any atom is -0.478 e. The third-order valence-electron chi connectivity index (χ3n) is 2.25. The van der Waals surface area contributed by atoms with Gasteiger partial charge in [0.25, 0.3) is 0 Å². The molecule has 6 nitrogen and oxygen atoms in total. The smallest absolute Gasteiger partial charge is 0.337 e. The number of rotatable bonds is 4. The van der Waals surface area contributed by atoms with Crippen LogP contribution in [0.1, 0.15) is 21.8 Å². The molecule has 0 radical (unpaired) electrons. The van der Waals surface area contributed by atoms with Crippen LogP contribution in [-0.2, 0) is 6.54 Å². The summed E-state index contributed by atoms with van der Waals surface area (Å²) in [4.78, 5) is 14.9. The van der Waals surface area contributed by atoms with E-state index in [9.17, 15) is 4.79 Å². The van der Waals surface area contributed by atoms with Gasteiger partial charge in [0.15, 0.2) is 5.76 Å². The predicted molar refractivity (Wildman–Crippen MR) is 59.8 cm³/mol. The summed E-state index contributed by atoms with van der Waals surface area (Å²) in [6.07, 6.45) is 1.56. The summed E-state index contributed by atoms with van der Waals surface area (Å²) in [6.45, 7) is 2.11. The number of hydrogen-bond donors (Lipinski definition) is 2. The normalized spacial score (nSPS) is 10.2. The number of hydrogen-bond acceptors (Lipinski definition) is 5. The molecule has 2 aromatic heterocycles.